The first kappa shape index (κ1) is 30.0. The number of nitrogens with one attached hydrogen (secondary N) is 2. The number of fused-ring (bicyclic) bond motifs is 8. The predicted molar refractivity (Wildman–Crippen MR) is 180 cm³/mol. The number of hydrogen-bond acceptors (Lipinski definition) is 4. The van der Waals surface area contributed by atoms with Gasteiger partial charge in [0.2, 0.25) is 0 Å². The summed E-state index contributed by atoms with van der Waals surface area (Å²) in [6.45, 7) is 12.4. The minimum atomic E-state index is -0.0425. The molecule has 6 aliphatic rings. The number of nitrogens with two attached hydrogens (primary N) is 1. The van der Waals surface area contributed by atoms with Gasteiger partial charge in [0, 0.05) is 55.2 Å². The van der Waals surface area contributed by atoms with Gasteiger partial charge in [-0.2, -0.15) is 0 Å². The molecule has 2 saturated heterocycles. The Balaban J connectivity index is 0.897. The van der Waals surface area contributed by atoms with Crippen LogP contribution in [0, 0.1) is 52.3 Å². The summed E-state index contributed by atoms with van der Waals surface area (Å²) in [5, 5.41) is 9.26. The minimum Gasteiger partial charge on any atom is -0.357 e. The van der Waals surface area contributed by atoms with Crippen molar-refractivity contribution in [1.29, 1.82) is 0 Å². The number of ether oxygens (including phenoxy) is 1. The van der Waals surface area contributed by atoms with Gasteiger partial charge >= 0.3 is 0 Å². The first-order chi connectivity index (χ1) is 21.1. The maximum Gasteiger partial charge on any atom is 0.122 e. The Morgan fingerprint density at radius 3 is 2.64 bits per heavy atom. The van der Waals surface area contributed by atoms with Crippen LogP contribution in [0.2, 0.25) is 0 Å². The standard InChI is InChI=1S/C39H60N4O/c1-24-12-17-39(42-21-24)25(2)36-35(44-39)20-33-31-11-10-27-19-29(13-15-37(27,3)32(31)14-16-38(33,36)4)41-22-28(40)18-26-23-43(5)34-9-7-6-8-30(26)34/h6-9,23-25,27-29,31-33,35-36,41-42H,10-22,40H2,1-5H3/t24-,25-,27-,28-,29?,31+,32-,33-,35-,36-,37-,38-,39-/m0/s1. The molecule has 1 aromatic carbocycles. The molecule has 0 bridgehead atoms. The number of aromatic nitrogens is 1. The average Bonchev–Trinajstić information content (AvgIpc) is 3.59. The largest absolute Gasteiger partial charge is 0.357 e. The number of aryl methyl sites for hydroxylation is 1. The molecule has 0 amide bonds. The van der Waals surface area contributed by atoms with Crippen molar-refractivity contribution in [2.75, 3.05) is 13.1 Å². The Labute approximate surface area is 266 Å². The lowest BCUT2D eigenvalue weighted by Crippen LogP contribution is -2.58. The van der Waals surface area contributed by atoms with Crippen LogP contribution >= 0.6 is 0 Å². The number of hydrogen-bond donors (Lipinski definition) is 3. The van der Waals surface area contributed by atoms with Crippen LogP contribution in [0.1, 0.15) is 97.5 Å². The molecule has 8 rings (SSSR count). The van der Waals surface area contributed by atoms with E-state index in [-0.39, 0.29) is 11.8 Å². The van der Waals surface area contributed by atoms with Gasteiger partial charge in [-0.15, -0.1) is 0 Å². The molecular weight excluding hydrogens is 540 g/mol. The van der Waals surface area contributed by atoms with Crippen LogP contribution in [-0.2, 0) is 18.2 Å². The second-order valence-corrected chi connectivity index (χ2v) is 17.4. The van der Waals surface area contributed by atoms with E-state index in [2.05, 4.69) is 80.4 Å². The zero-order valence-corrected chi connectivity index (χ0v) is 28.3. The lowest BCUT2D eigenvalue weighted by Gasteiger charge is -2.61. The molecule has 1 unspecified atom stereocenters. The lowest BCUT2D eigenvalue weighted by atomic mass is 9.44. The SMILES string of the molecule is C[C@H]1CC[C@]2(NC1)O[C@H]1C[C@H]3[C@@H]4CC[C@H]5CC(NC[C@@H](N)Cc6cn(C)c7ccccc67)CC[C@]5(C)[C@H]4CC[C@]3(C)[C@H]1[C@@H]2C. The topological polar surface area (TPSA) is 64.2 Å². The Hall–Kier alpha value is -1.40. The van der Waals surface area contributed by atoms with E-state index < -0.39 is 0 Å². The van der Waals surface area contributed by atoms with Gasteiger partial charge in [0.25, 0.3) is 0 Å². The summed E-state index contributed by atoms with van der Waals surface area (Å²) in [5.41, 5.74) is 10.4. The molecule has 44 heavy (non-hydrogen) atoms. The van der Waals surface area contributed by atoms with Gasteiger partial charge in [0.05, 0.1) is 6.10 Å². The normalized spacial score (nSPS) is 47.3. The van der Waals surface area contributed by atoms with E-state index in [9.17, 15) is 0 Å². The third kappa shape index (κ3) is 4.53. The highest BCUT2D eigenvalue weighted by Crippen LogP contribution is 2.71. The molecule has 4 saturated carbocycles. The van der Waals surface area contributed by atoms with Crippen molar-refractivity contribution in [3.63, 3.8) is 0 Å². The number of nitrogens with zero attached hydrogens (tertiary/aromatic N) is 1. The minimum absolute atomic E-state index is 0.0425. The van der Waals surface area contributed by atoms with Crippen LogP contribution < -0.4 is 16.4 Å². The zero-order valence-electron chi connectivity index (χ0n) is 28.3. The molecule has 2 aromatic rings. The summed E-state index contributed by atoms with van der Waals surface area (Å²) < 4.78 is 9.38. The second kappa shape index (κ2) is 10.8. The van der Waals surface area contributed by atoms with Crippen LogP contribution in [0.4, 0.5) is 0 Å². The monoisotopic (exact) mass is 600 g/mol. The fourth-order valence-electron chi connectivity index (χ4n) is 12.9. The van der Waals surface area contributed by atoms with E-state index in [1.165, 1.54) is 80.7 Å². The van der Waals surface area contributed by atoms with Gasteiger partial charge < -0.3 is 20.4 Å². The fraction of sp³-hybridized carbons (Fsp3) is 0.795. The molecule has 5 heteroatoms. The first-order valence-corrected chi connectivity index (χ1v) is 18.6. The third-order valence-corrected chi connectivity index (χ3v) is 15.3. The Morgan fingerprint density at radius 2 is 1.82 bits per heavy atom. The van der Waals surface area contributed by atoms with Crippen molar-refractivity contribution in [2.24, 2.45) is 65.0 Å². The van der Waals surface area contributed by atoms with Gasteiger partial charge in [-0.25, -0.2) is 0 Å². The van der Waals surface area contributed by atoms with Gasteiger partial charge in [0.1, 0.15) is 5.72 Å². The van der Waals surface area contributed by atoms with E-state index in [0.29, 0.717) is 28.9 Å². The Bertz CT molecular complexity index is 1360. The number of rotatable bonds is 5. The summed E-state index contributed by atoms with van der Waals surface area (Å²) in [6.07, 6.45) is 17.3. The molecule has 13 atom stereocenters. The maximum absolute atomic E-state index is 7.13. The molecule has 1 spiro atoms. The zero-order chi connectivity index (χ0) is 30.4. The van der Waals surface area contributed by atoms with Crippen molar-refractivity contribution in [3.8, 4) is 0 Å². The molecule has 5 nitrogen and oxygen atoms in total. The van der Waals surface area contributed by atoms with E-state index in [1.54, 1.807) is 0 Å². The summed E-state index contributed by atoms with van der Waals surface area (Å²) in [4.78, 5) is 0. The molecular formula is C39H60N4O. The van der Waals surface area contributed by atoms with Crippen LogP contribution in [0.5, 0.6) is 0 Å². The van der Waals surface area contributed by atoms with E-state index in [1.807, 2.05) is 0 Å². The quantitative estimate of drug-likeness (QED) is 0.345. The Kier molecular flexibility index (Phi) is 7.37. The highest BCUT2D eigenvalue weighted by Gasteiger charge is 2.68. The van der Waals surface area contributed by atoms with Crippen LogP contribution in [-0.4, -0.2) is 41.6 Å². The van der Waals surface area contributed by atoms with E-state index in [0.717, 1.165) is 55.0 Å². The third-order valence-electron chi connectivity index (χ3n) is 15.3. The van der Waals surface area contributed by atoms with E-state index in [4.69, 9.17) is 10.5 Å². The highest BCUT2D eigenvalue weighted by molar-refractivity contribution is 5.83. The number of benzene rings is 1. The summed E-state index contributed by atoms with van der Waals surface area (Å²) >= 11 is 0. The molecule has 4 aliphatic carbocycles. The molecule has 0 radical (unpaired) electrons. The average molecular weight is 601 g/mol. The van der Waals surface area contributed by atoms with Gasteiger partial charge in [-0.05, 0) is 129 Å². The van der Waals surface area contributed by atoms with Crippen molar-refractivity contribution < 1.29 is 4.74 Å². The Morgan fingerprint density at radius 1 is 1.00 bits per heavy atom. The molecule has 242 valence electrons. The summed E-state index contributed by atoms with van der Waals surface area (Å²) in [7, 11) is 2.15. The molecule has 4 N–H and O–H groups in total. The maximum atomic E-state index is 7.13. The fourth-order valence-corrected chi connectivity index (χ4v) is 12.9. The lowest BCUT2D eigenvalue weighted by molar-refractivity contribution is -0.134. The van der Waals surface area contributed by atoms with E-state index >= 15 is 0 Å². The van der Waals surface area contributed by atoms with Crippen LogP contribution in [0.3, 0.4) is 0 Å². The smallest absolute Gasteiger partial charge is 0.122 e. The first-order valence-electron chi connectivity index (χ1n) is 18.6. The van der Waals surface area contributed by atoms with Gasteiger partial charge in [-0.1, -0.05) is 45.9 Å². The predicted octanol–water partition coefficient (Wildman–Crippen LogP) is 7.03. The van der Waals surface area contributed by atoms with Crippen LogP contribution in [0.15, 0.2) is 30.5 Å². The van der Waals surface area contributed by atoms with Gasteiger partial charge in [-0.3, -0.25) is 5.32 Å². The molecule has 3 heterocycles. The van der Waals surface area contributed by atoms with Crippen molar-refractivity contribution in [3.05, 3.63) is 36.0 Å². The number of piperidine rings is 1. The molecule has 6 fully saturated rings. The second-order valence-electron chi connectivity index (χ2n) is 17.4. The van der Waals surface area contributed by atoms with Gasteiger partial charge in [0.15, 0.2) is 0 Å². The van der Waals surface area contributed by atoms with Crippen molar-refractivity contribution in [2.45, 2.75) is 122 Å². The van der Waals surface area contributed by atoms with Crippen molar-refractivity contribution in [1.82, 2.24) is 15.2 Å². The van der Waals surface area contributed by atoms with Crippen LogP contribution in [0.25, 0.3) is 10.9 Å². The molecule has 2 aliphatic heterocycles. The van der Waals surface area contributed by atoms with Crippen molar-refractivity contribution >= 4 is 10.9 Å². The number of para-hydroxylation sites is 1. The summed E-state index contributed by atoms with van der Waals surface area (Å²) in [5.74, 6) is 5.69. The highest BCUT2D eigenvalue weighted by atomic mass is 16.5. The summed E-state index contributed by atoms with van der Waals surface area (Å²) in [6, 6.07) is 9.50. The molecule has 1 aromatic heterocycles.